The minimum absolute atomic E-state index is 0.668. The molecule has 0 radical (unpaired) electrons. The van der Waals surface area contributed by atoms with Gasteiger partial charge in [0, 0.05) is 16.2 Å². The van der Waals surface area contributed by atoms with Crippen LogP contribution in [0.25, 0.3) is 0 Å². The van der Waals surface area contributed by atoms with Crippen molar-refractivity contribution in [3.8, 4) is 0 Å². The van der Waals surface area contributed by atoms with Crippen LogP contribution in [0.1, 0.15) is 38.7 Å². The molecule has 19 heavy (non-hydrogen) atoms. The van der Waals surface area contributed by atoms with E-state index in [4.69, 9.17) is 0 Å². The molecule has 0 bridgehead atoms. The normalized spacial score (nSPS) is 27.7. The van der Waals surface area contributed by atoms with Crippen molar-refractivity contribution in [1.82, 2.24) is 5.32 Å². The first kappa shape index (κ1) is 14.9. The van der Waals surface area contributed by atoms with Crippen LogP contribution in [0.15, 0.2) is 29.2 Å². The summed E-state index contributed by atoms with van der Waals surface area (Å²) < 4.78 is 0. The van der Waals surface area contributed by atoms with Crippen molar-refractivity contribution >= 4 is 11.8 Å². The van der Waals surface area contributed by atoms with E-state index in [2.05, 4.69) is 69.2 Å². The van der Waals surface area contributed by atoms with Crippen molar-refractivity contribution in [2.45, 2.75) is 56.2 Å². The number of benzene rings is 1. The Balaban J connectivity index is 2.03. The molecule has 3 unspecified atom stereocenters. The zero-order valence-corrected chi connectivity index (χ0v) is 13.5. The van der Waals surface area contributed by atoms with Crippen LogP contribution in [-0.2, 0) is 0 Å². The van der Waals surface area contributed by atoms with Gasteiger partial charge >= 0.3 is 0 Å². The Bertz CT molecular complexity index is 385. The van der Waals surface area contributed by atoms with Crippen LogP contribution >= 0.6 is 11.8 Å². The zero-order valence-electron chi connectivity index (χ0n) is 12.6. The van der Waals surface area contributed by atoms with E-state index in [1.54, 1.807) is 0 Å². The van der Waals surface area contributed by atoms with Gasteiger partial charge in [-0.05, 0) is 57.2 Å². The van der Waals surface area contributed by atoms with Gasteiger partial charge in [0.25, 0.3) is 0 Å². The Morgan fingerprint density at radius 3 is 2.42 bits per heavy atom. The lowest BCUT2D eigenvalue weighted by Crippen LogP contribution is -2.41. The van der Waals surface area contributed by atoms with E-state index in [0.29, 0.717) is 11.3 Å². The summed E-state index contributed by atoms with van der Waals surface area (Å²) in [6, 6.07) is 9.65. The van der Waals surface area contributed by atoms with Gasteiger partial charge in [0.05, 0.1) is 0 Å². The lowest BCUT2D eigenvalue weighted by molar-refractivity contribution is 0.251. The zero-order chi connectivity index (χ0) is 13.8. The van der Waals surface area contributed by atoms with Crippen LogP contribution < -0.4 is 5.32 Å². The van der Waals surface area contributed by atoms with E-state index < -0.39 is 0 Å². The standard InChI is InChI=1S/C17H27NS/c1-12(2)14-7-10-16(18-4)17(11-14)19-15-8-5-13(3)6-9-15/h5-6,8-9,12,14,16-18H,7,10-11H2,1-4H3. The van der Waals surface area contributed by atoms with E-state index >= 15 is 0 Å². The van der Waals surface area contributed by atoms with Crippen molar-refractivity contribution in [3.05, 3.63) is 29.8 Å². The second kappa shape index (κ2) is 6.81. The molecule has 0 aromatic heterocycles. The van der Waals surface area contributed by atoms with Crippen LogP contribution in [0.3, 0.4) is 0 Å². The van der Waals surface area contributed by atoms with Crippen molar-refractivity contribution in [3.63, 3.8) is 0 Å². The lowest BCUT2D eigenvalue weighted by atomic mass is 9.79. The Morgan fingerprint density at radius 2 is 1.84 bits per heavy atom. The fourth-order valence-electron chi connectivity index (χ4n) is 3.02. The number of aryl methyl sites for hydroxylation is 1. The van der Waals surface area contributed by atoms with E-state index in [-0.39, 0.29) is 0 Å². The van der Waals surface area contributed by atoms with Gasteiger partial charge in [0.2, 0.25) is 0 Å². The first-order valence-corrected chi connectivity index (χ1v) is 8.38. The van der Waals surface area contributed by atoms with Gasteiger partial charge in [-0.2, -0.15) is 0 Å². The number of rotatable bonds is 4. The summed E-state index contributed by atoms with van der Waals surface area (Å²) in [5, 5.41) is 4.24. The number of hydrogen-bond donors (Lipinski definition) is 1. The highest BCUT2D eigenvalue weighted by Gasteiger charge is 2.31. The molecule has 1 aromatic rings. The molecule has 1 aromatic carbocycles. The number of thioether (sulfide) groups is 1. The Kier molecular flexibility index (Phi) is 5.35. The van der Waals surface area contributed by atoms with Gasteiger partial charge in [-0.3, -0.25) is 0 Å². The summed E-state index contributed by atoms with van der Waals surface area (Å²) in [5.41, 5.74) is 1.35. The van der Waals surface area contributed by atoms with E-state index in [0.717, 1.165) is 11.8 Å². The Morgan fingerprint density at radius 1 is 1.16 bits per heavy atom. The summed E-state index contributed by atoms with van der Waals surface area (Å²) in [4.78, 5) is 1.42. The van der Waals surface area contributed by atoms with Gasteiger partial charge in [0.15, 0.2) is 0 Å². The molecule has 1 nitrogen and oxygen atoms in total. The molecular weight excluding hydrogens is 250 g/mol. The molecule has 1 fully saturated rings. The van der Waals surface area contributed by atoms with Crippen molar-refractivity contribution in [2.75, 3.05) is 7.05 Å². The SMILES string of the molecule is CNC1CCC(C(C)C)CC1Sc1ccc(C)cc1. The smallest absolute Gasteiger partial charge is 0.0251 e. The summed E-state index contributed by atoms with van der Waals surface area (Å²) >= 11 is 2.06. The molecule has 106 valence electrons. The van der Waals surface area contributed by atoms with E-state index in [1.165, 1.54) is 29.7 Å². The van der Waals surface area contributed by atoms with Gasteiger partial charge in [-0.25, -0.2) is 0 Å². The maximum atomic E-state index is 3.52. The average molecular weight is 277 g/mol. The predicted molar refractivity (Wildman–Crippen MR) is 85.9 cm³/mol. The molecule has 1 aliphatic carbocycles. The van der Waals surface area contributed by atoms with Crippen LogP contribution in [0, 0.1) is 18.8 Å². The number of nitrogens with one attached hydrogen (secondary N) is 1. The fourth-order valence-corrected chi connectivity index (χ4v) is 4.44. The van der Waals surface area contributed by atoms with Gasteiger partial charge in [-0.1, -0.05) is 31.5 Å². The largest absolute Gasteiger partial charge is 0.316 e. The molecule has 2 heteroatoms. The molecule has 0 saturated heterocycles. The molecule has 1 aliphatic rings. The quantitative estimate of drug-likeness (QED) is 0.869. The molecule has 0 aliphatic heterocycles. The maximum Gasteiger partial charge on any atom is 0.0251 e. The van der Waals surface area contributed by atoms with Crippen LogP contribution in [-0.4, -0.2) is 18.3 Å². The fraction of sp³-hybridized carbons (Fsp3) is 0.647. The minimum atomic E-state index is 0.668. The summed E-state index contributed by atoms with van der Waals surface area (Å²) in [6.45, 7) is 6.90. The molecule has 1 saturated carbocycles. The number of hydrogen-bond acceptors (Lipinski definition) is 2. The third-order valence-corrected chi connectivity index (χ3v) is 5.82. The first-order valence-electron chi connectivity index (χ1n) is 7.50. The third-order valence-electron chi connectivity index (χ3n) is 4.45. The second-order valence-electron chi connectivity index (χ2n) is 6.18. The van der Waals surface area contributed by atoms with E-state index in [1.807, 2.05) is 0 Å². The highest BCUT2D eigenvalue weighted by molar-refractivity contribution is 8.00. The minimum Gasteiger partial charge on any atom is -0.316 e. The maximum absolute atomic E-state index is 3.52. The molecule has 3 atom stereocenters. The van der Waals surface area contributed by atoms with Gasteiger partial charge < -0.3 is 5.32 Å². The molecule has 0 heterocycles. The molecular formula is C17H27NS. The molecule has 2 rings (SSSR count). The highest BCUT2D eigenvalue weighted by atomic mass is 32.2. The lowest BCUT2D eigenvalue weighted by Gasteiger charge is -2.37. The molecule has 0 spiro atoms. The summed E-state index contributed by atoms with van der Waals surface area (Å²) in [6.07, 6.45) is 4.05. The summed E-state index contributed by atoms with van der Waals surface area (Å²) in [7, 11) is 2.11. The Labute approximate surface area is 122 Å². The summed E-state index contributed by atoms with van der Waals surface area (Å²) in [5.74, 6) is 1.71. The van der Waals surface area contributed by atoms with Crippen LogP contribution in [0.2, 0.25) is 0 Å². The van der Waals surface area contributed by atoms with Crippen LogP contribution in [0.4, 0.5) is 0 Å². The third kappa shape index (κ3) is 4.00. The average Bonchev–Trinajstić information content (AvgIpc) is 2.41. The molecule has 0 amide bonds. The Hall–Kier alpha value is -0.470. The first-order chi connectivity index (χ1) is 9.10. The van der Waals surface area contributed by atoms with Crippen molar-refractivity contribution in [2.24, 2.45) is 11.8 Å². The van der Waals surface area contributed by atoms with Crippen molar-refractivity contribution in [1.29, 1.82) is 0 Å². The van der Waals surface area contributed by atoms with Gasteiger partial charge in [-0.15, -0.1) is 11.8 Å². The van der Waals surface area contributed by atoms with Crippen molar-refractivity contribution < 1.29 is 0 Å². The highest BCUT2D eigenvalue weighted by Crippen LogP contribution is 2.39. The van der Waals surface area contributed by atoms with Gasteiger partial charge in [0.1, 0.15) is 0 Å². The van der Waals surface area contributed by atoms with E-state index in [9.17, 15) is 0 Å². The topological polar surface area (TPSA) is 12.0 Å². The molecule has 1 N–H and O–H groups in total. The predicted octanol–water partition coefficient (Wildman–Crippen LogP) is 4.50. The monoisotopic (exact) mass is 277 g/mol. The van der Waals surface area contributed by atoms with Crippen LogP contribution in [0.5, 0.6) is 0 Å². The second-order valence-corrected chi connectivity index (χ2v) is 7.49.